The molecule has 1 N–H and O–H groups in total. The topological polar surface area (TPSA) is 40.5 Å². The van der Waals surface area contributed by atoms with Crippen molar-refractivity contribution < 1.29 is 10.0 Å². The first-order valence-corrected chi connectivity index (χ1v) is 4.56. The van der Waals surface area contributed by atoms with E-state index in [4.69, 9.17) is 5.21 Å². The van der Waals surface area contributed by atoms with Crippen LogP contribution in [0, 0.1) is 0 Å². The van der Waals surface area contributed by atoms with Gasteiger partial charge in [-0.25, -0.2) is 5.06 Å². The van der Waals surface area contributed by atoms with E-state index in [0.717, 1.165) is 5.56 Å². The largest absolute Gasteiger partial charge is 0.286 e. The number of rotatable bonds is 3. The summed E-state index contributed by atoms with van der Waals surface area (Å²) in [6.45, 7) is 0. The fraction of sp³-hybridized carbons (Fsp3) is 0.0833. The van der Waals surface area contributed by atoms with E-state index in [9.17, 15) is 4.79 Å². The van der Waals surface area contributed by atoms with Crippen molar-refractivity contribution in [1.82, 2.24) is 5.06 Å². The lowest BCUT2D eigenvalue weighted by Crippen LogP contribution is -2.19. The second-order valence-corrected chi connectivity index (χ2v) is 2.99. The molecule has 1 aromatic carbocycles. The highest BCUT2D eigenvalue weighted by atomic mass is 16.5. The van der Waals surface area contributed by atoms with E-state index in [1.807, 2.05) is 36.4 Å². The van der Waals surface area contributed by atoms with E-state index in [0.29, 0.717) is 5.06 Å². The van der Waals surface area contributed by atoms with Crippen molar-refractivity contribution >= 4 is 12.0 Å². The Kier molecular flexibility index (Phi) is 4.31. The fourth-order valence-corrected chi connectivity index (χ4v) is 0.977. The van der Waals surface area contributed by atoms with E-state index in [1.165, 1.54) is 13.1 Å². The second kappa shape index (κ2) is 5.78. The summed E-state index contributed by atoms with van der Waals surface area (Å²) in [5, 5.41) is 9.28. The minimum absolute atomic E-state index is 0.451. The van der Waals surface area contributed by atoms with Gasteiger partial charge in [-0.1, -0.05) is 48.6 Å². The predicted molar refractivity (Wildman–Crippen MR) is 59.2 cm³/mol. The van der Waals surface area contributed by atoms with Crippen LogP contribution >= 0.6 is 0 Å². The molecule has 0 spiro atoms. The number of benzene rings is 1. The van der Waals surface area contributed by atoms with Gasteiger partial charge in [0.2, 0.25) is 0 Å². The minimum Gasteiger partial charge on any atom is -0.286 e. The third-order valence-electron chi connectivity index (χ3n) is 1.76. The molecular formula is C12H13NO2. The maximum atomic E-state index is 10.9. The van der Waals surface area contributed by atoms with Gasteiger partial charge < -0.3 is 0 Å². The van der Waals surface area contributed by atoms with Crippen LogP contribution in [0.1, 0.15) is 5.56 Å². The van der Waals surface area contributed by atoms with Crippen LogP contribution in [0.2, 0.25) is 0 Å². The average molecular weight is 203 g/mol. The van der Waals surface area contributed by atoms with Crippen molar-refractivity contribution in [3.63, 3.8) is 0 Å². The first kappa shape index (κ1) is 11.2. The van der Waals surface area contributed by atoms with E-state index < -0.39 is 5.91 Å². The standard InChI is InChI=1S/C12H13NO2/c1-13(15)12(14)10-6-5-9-11-7-3-2-4-8-11/h2-10,15H,1H3/b9-5+,10-6+. The highest BCUT2D eigenvalue weighted by Gasteiger charge is 1.96. The summed E-state index contributed by atoms with van der Waals surface area (Å²) in [5.74, 6) is -0.451. The molecule has 0 saturated heterocycles. The van der Waals surface area contributed by atoms with Gasteiger partial charge in [-0.3, -0.25) is 10.0 Å². The molecule has 0 fully saturated rings. The molecule has 0 aliphatic heterocycles. The lowest BCUT2D eigenvalue weighted by molar-refractivity contribution is -0.153. The first-order chi connectivity index (χ1) is 7.20. The van der Waals surface area contributed by atoms with Gasteiger partial charge >= 0.3 is 0 Å². The molecule has 1 amide bonds. The van der Waals surface area contributed by atoms with Gasteiger partial charge in [0, 0.05) is 13.1 Å². The number of hydroxylamine groups is 2. The molecule has 0 aromatic heterocycles. The molecule has 15 heavy (non-hydrogen) atoms. The van der Waals surface area contributed by atoms with Crippen molar-refractivity contribution in [2.45, 2.75) is 0 Å². The molecule has 0 radical (unpaired) electrons. The molecule has 0 heterocycles. The minimum atomic E-state index is -0.451. The number of hydrogen-bond acceptors (Lipinski definition) is 2. The van der Waals surface area contributed by atoms with E-state index >= 15 is 0 Å². The third-order valence-corrected chi connectivity index (χ3v) is 1.76. The van der Waals surface area contributed by atoms with Crippen molar-refractivity contribution in [1.29, 1.82) is 0 Å². The van der Waals surface area contributed by atoms with Gasteiger partial charge in [-0.2, -0.15) is 0 Å². The lowest BCUT2D eigenvalue weighted by Gasteiger charge is -2.01. The van der Waals surface area contributed by atoms with Crippen LogP contribution in [-0.2, 0) is 4.79 Å². The molecule has 0 bridgehead atoms. The summed E-state index contributed by atoms with van der Waals surface area (Å²) in [4.78, 5) is 10.9. The van der Waals surface area contributed by atoms with Crippen LogP contribution in [0.3, 0.4) is 0 Å². The summed E-state index contributed by atoms with van der Waals surface area (Å²) in [6, 6.07) is 9.75. The van der Waals surface area contributed by atoms with Crippen LogP contribution in [-0.4, -0.2) is 23.2 Å². The molecule has 0 unspecified atom stereocenters. The third kappa shape index (κ3) is 4.24. The molecule has 0 saturated carbocycles. The summed E-state index contributed by atoms with van der Waals surface area (Å²) < 4.78 is 0. The zero-order chi connectivity index (χ0) is 11.1. The Morgan fingerprint density at radius 1 is 1.27 bits per heavy atom. The van der Waals surface area contributed by atoms with Crippen molar-refractivity contribution in [3.8, 4) is 0 Å². The summed E-state index contributed by atoms with van der Waals surface area (Å²) in [6.07, 6.45) is 6.50. The Labute approximate surface area is 88.9 Å². The van der Waals surface area contributed by atoms with E-state index in [1.54, 1.807) is 12.2 Å². The highest BCUT2D eigenvalue weighted by molar-refractivity contribution is 5.86. The number of nitrogens with zero attached hydrogens (tertiary/aromatic N) is 1. The monoisotopic (exact) mass is 203 g/mol. The quantitative estimate of drug-likeness (QED) is 0.354. The molecular weight excluding hydrogens is 190 g/mol. The van der Waals surface area contributed by atoms with E-state index in [2.05, 4.69) is 0 Å². The average Bonchev–Trinajstić information content (AvgIpc) is 2.25. The number of allylic oxidation sites excluding steroid dienone is 2. The Morgan fingerprint density at radius 3 is 2.53 bits per heavy atom. The van der Waals surface area contributed by atoms with Crippen LogP contribution in [0.25, 0.3) is 6.08 Å². The fourth-order valence-electron chi connectivity index (χ4n) is 0.977. The maximum absolute atomic E-state index is 10.9. The SMILES string of the molecule is CN(O)C(=O)/C=C/C=C/c1ccccc1. The number of amides is 1. The molecule has 1 rings (SSSR count). The van der Waals surface area contributed by atoms with Crippen LogP contribution in [0.4, 0.5) is 0 Å². The predicted octanol–water partition coefficient (Wildman–Crippen LogP) is 2.10. The summed E-state index contributed by atoms with van der Waals surface area (Å²) in [7, 11) is 1.29. The van der Waals surface area contributed by atoms with Gasteiger partial charge in [-0.15, -0.1) is 0 Å². The Morgan fingerprint density at radius 2 is 1.93 bits per heavy atom. The lowest BCUT2D eigenvalue weighted by atomic mass is 10.2. The number of carbonyl (C=O) groups excluding carboxylic acids is 1. The Balaban J connectivity index is 2.50. The molecule has 3 nitrogen and oxygen atoms in total. The van der Waals surface area contributed by atoms with Crippen molar-refractivity contribution in [3.05, 3.63) is 54.1 Å². The molecule has 0 aliphatic rings. The maximum Gasteiger partial charge on any atom is 0.269 e. The van der Waals surface area contributed by atoms with Crippen molar-refractivity contribution in [2.24, 2.45) is 0 Å². The van der Waals surface area contributed by atoms with E-state index in [-0.39, 0.29) is 0 Å². The highest BCUT2D eigenvalue weighted by Crippen LogP contribution is 2.00. The molecule has 0 atom stereocenters. The smallest absolute Gasteiger partial charge is 0.269 e. The molecule has 1 aromatic rings. The Bertz CT molecular complexity index is 366. The van der Waals surface area contributed by atoms with Gasteiger partial charge in [-0.05, 0) is 5.56 Å². The number of likely N-dealkylation sites (N-methyl/N-ethyl adjacent to an activating group) is 1. The van der Waals surface area contributed by atoms with Crippen LogP contribution < -0.4 is 0 Å². The number of hydrogen-bond donors (Lipinski definition) is 1. The zero-order valence-corrected chi connectivity index (χ0v) is 8.50. The second-order valence-electron chi connectivity index (χ2n) is 2.99. The first-order valence-electron chi connectivity index (χ1n) is 4.56. The molecule has 78 valence electrons. The summed E-state index contributed by atoms with van der Waals surface area (Å²) >= 11 is 0. The molecule has 0 aliphatic carbocycles. The Hall–Kier alpha value is -1.87. The van der Waals surface area contributed by atoms with Gasteiger partial charge in [0.15, 0.2) is 0 Å². The van der Waals surface area contributed by atoms with Gasteiger partial charge in [0.05, 0.1) is 0 Å². The molecule has 3 heteroatoms. The van der Waals surface area contributed by atoms with Gasteiger partial charge in [0.1, 0.15) is 0 Å². The van der Waals surface area contributed by atoms with Crippen molar-refractivity contribution in [2.75, 3.05) is 7.05 Å². The normalized spacial score (nSPS) is 11.1. The summed E-state index contributed by atoms with van der Waals surface area (Å²) in [5.41, 5.74) is 1.06. The van der Waals surface area contributed by atoms with Gasteiger partial charge in [0.25, 0.3) is 5.91 Å². The zero-order valence-electron chi connectivity index (χ0n) is 8.50. The van der Waals surface area contributed by atoms with Crippen LogP contribution in [0.5, 0.6) is 0 Å². The number of carbonyl (C=O) groups is 1. The van der Waals surface area contributed by atoms with Crippen LogP contribution in [0.15, 0.2) is 48.6 Å².